The van der Waals surface area contributed by atoms with Crippen LogP contribution in [0.4, 0.5) is 16.2 Å². The van der Waals surface area contributed by atoms with Gasteiger partial charge in [-0.1, -0.05) is 6.92 Å². The summed E-state index contributed by atoms with van der Waals surface area (Å²) < 4.78 is 0. The molecule has 1 rings (SSSR count). The van der Waals surface area contributed by atoms with Crippen molar-refractivity contribution < 1.29 is 9.59 Å². The number of carbonyl (C=O) groups excluding carboxylic acids is 2. The second kappa shape index (κ2) is 5.75. The topological polar surface area (TPSA) is 84.2 Å². The molecule has 0 fully saturated rings. The molecular weight excluding hydrogens is 206 g/mol. The van der Waals surface area contributed by atoms with Gasteiger partial charge >= 0.3 is 6.03 Å². The molecule has 0 saturated carbocycles. The summed E-state index contributed by atoms with van der Waals surface area (Å²) in [5, 5.41) is 5.18. The molecule has 16 heavy (non-hydrogen) atoms. The largest absolute Gasteiger partial charge is 0.351 e. The molecule has 0 aromatic heterocycles. The van der Waals surface area contributed by atoms with Crippen molar-refractivity contribution in [2.75, 3.05) is 10.6 Å². The third-order valence-corrected chi connectivity index (χ3v) is 1.91. The number of anilines is 2. The first-order chi connectivity index (χ1) is 7.61. The standard InChI is InChI=1S/C11H15N3O2/c1-2-3-10(15)13-8-4-6-9(7-5-8)14-11(12)16/h4-7H,2-3H2,1H3,(H,13,15)(H3,12,14,16). The van der Waals surface area contributed by atoms with E-state index in [0.717, 1.165) is 6.42 Å². The Morgan fingerprint density at radius 2 is 1.62 bits per heavy atom. The van der Waals surface area contributed by atoms with E-state index in [0.29, 0.717) is 17.8 Å². The van der Waals surface area contributed by atoms with E-state index < -0.39 is 6.03 Å². The minimum atomic E-state index is -0.609. The van der Waals surface area contributed by atoms with Crippen molar-refractivity contribution in [3.63, 3.8) is 0 Å². The van der Waals surface area contributed by atoms with E-state index in [1.807, 2.05) is 6.92 Å². The summed E-state index contributed by atoms with van der Waals surface area (Å²) in [5.41, 5.74) is 6.26. The first-order valence-electron chi connectivity index (χ1n) is 5.08. The summed E-state index contributed by atoms with van der Waals surface area (Å²) >= 11 is 0. The molecule has 1 aromatic carbocycles. The molecule has 0 bridgehead atoms. The Morgan fingerprint density at radius 1 is 1.12 bits per heavy atom. The maximum Gasteiger partial charge on any atom is 0.316 e. The normalized spacial score (nSPS) is 9.56. The number of primary amides is 1. The minimum Gasteiger partial charge on any atom is -0.351 e. The summed E-state index contributed by atoms with van der Waals surface area (Å²) in [7, 11) is 0. The molecule has 0 radical (unpaired) electrons. The van der Waals surface area contributed by atoms with Crippen LogP contribution in [0.15, 0.2) is 24.3 Å². The Labute approximate surface area is 94.0 Å². The van der Waals surface area contributed by atoms with Gasteiger partial charge in [-0.25, -0.2) is 4.79 Å². The fourth-order valence-electron chi connectivity index (χ4n) is 1.23. The summed E-state index contributed by atoms with van der Waals surface area (Å²) in [6, 6.07) is 6.15. The van der Waals surface area contributed by atoms with E-state index in [1.165, 1.54) is 0 Å². The number of benzene rings is 1. The highest BCUT2D eigenvalue weighted by Gasteiger charge is 2.01. The fraction of sp³-hybridized carbons (Fsp3) is 0.273. The summed E-state index contributed by atoms with van der Waals surface area (Å²) in [5.74, 6) is -0.0156. The third kappa shape index (κ3) is 4.00. The molecule has 0 saturated heterocycles. The van der Waals surface area contributed by atoms with Crippen molar-refractivity contribution in [1.29, 1.82) is 0 Å². The van der Waals surface area contributed by atoms with E-state index in [1.54, 1.807) is 24.3 Å². The monoisotopic (exact) mass is 221 g/mol. The average molecular weight is 221 g/mol. The van der Waals surface area contributed by atoms with Crippen LogP contribution >= 0.6 is 0 Å². The average Bonchev–Trinajstić information content (AvgIpc) is 2.20. The van der Waals surface area contributed by atoms with Crippen molar-refractivity contribution >= 4 is 23.3 Å². The van der Waals surface area contributed by atoms with Gasteiger partial charge in [-0.2, -0.15) is 0 Å². The lowest BCUT2D eigenvalue weighted by molar-refractivity contribution is -0.116. The Balaban J connectivity index is 2.57. The van der Waals surface area contributed by atoms with E-state index in [9.17, 15) is 9.59 Å². The van der Waals surface area contributed by atoms with Gasteiger partial charge in [0.15, 0.2) is 0 Å². The molecular formula is C11H15N3O2. The van der Waals surface area contributed by atoms with Crippen LogP contribution in [0.5, 0.6) is 0 Å². The minimum absolute atomic E-state index is 0.0156. The molecule has 3 amide bonds. The van der Waals surface area contributed by atoms with Crippen LogP contribution in [0.3, 0.4) is 0 Å². The summed E-state index contributed by atoms with van der Waals surface area (Å²) in [4.78, 5) is 21.8. The van der Waals surface area contributed by atoms with Gasteiger partial charge in [-0.3, -0.25) is 4.79 Å². The van der Waals surface area contributed by atoms with Crippen LogP contribution in [0.1, 0.15) is 19.8 Å². The van der Waals surface area contributed by atoms with Gasteiger partial charge in [0.1, 0.15) is 0 Å². The summed E-state index contributed by atoms with van der Waals surface area (Å²) in [6.45, 7) is 1.94. The van der Waals surface area contributed by atoms with Crippen molar-refractivity contribution in [2.45, 2.75) is 19.8 Å². The van der Waals surface area contributed by atoms with Gasteiger partial charge in [0.25, 0.3) is 0 Å². The van der Waals surface area contributed by atoms with Gasteiger partial charge in [-0.05, 0) is 30.7 Å². The fourth-order valence-corrected chi connectivity index (χ4v) is 1.23. The highest BCUT2D eigenvalue weighted by Crippen LogP contribution is 2.13. The maximum atomic E-state index is 11.3. The van der Waals surface area contributed by atoms with E-state index in [2.05, 4.69) is 10.6 Å². The van der Waals surface area contributed by atoms with Crippen LogP contribution in [0.25, 0.3) is 0 Å². The third-order valence-electron chi connectivity index (χ3n) is 1.91. The number of urea groups is 1. The zero-order valence-corrected chi connectivity index (χ0v) is 9.12. The van der Waals surface area contributed by atoms with Gasteiger partial charge in [0.2, 0.25) is 5.91 Å². The smallest absolute Gasteiger partial charge is 0.316 e. The molecule has 0 heterocycles. The molecule has 0 aliphatic heterocycles. The summed E-state index contributed by atoms with van der Waals surface area (Å²) in [6.07, 6.45) is 1.31. The molecule has 5 nitrogen and oxygen atoms in total. The second-order valence-corrected chi connectivity index (χ2v) is 3.36. The molecule has 5 heteroatoms. The van der Waals surface area contributed by atoms with Gasteiger partial charge in [0.05, 0.1) is 0 Å². The highest BCUT2D eigenvalue weighted by atomic mass is 16.2. The lowest BCUT2D eigenvalue weighted by Crippen LogP contribution is -2.19. The number of hydrogen-bond donors (Lipinski definition) is 3. The predicted octanol–water partition coefficient (Wildman–Crippen LogP) is 1.92. The molecule has 1 aromatic rings. The quantitative estimate of drug-likeness (QED) is 0.725. The second-order valence-electron chi connectivity index (χ2n) is 3.36. The van der Waals surface area contributed by atoms with E-state index in [4.69, 9.17) is 5.73 Å². The molecule has 0 aliphatic carbocycles. The van der Waals surface area contributed by atoms with E-state index in [-0.39, 0.29) is 5.91 Å². The Hall–Kier alpha value is -2.04. The Bertz CT molecular complexity index is 373. The molecule has 4 N–H and O–H groups in total. The van der Waals surface area contributed by atoms with Gasteiger partial charge in [0, 0.05) is 17.8 Å². The highest BCUT2D eigenvalue weighted by molar-refractivity contribution is 5.91. The van der Waals surface area contributed by atoms with Crippen LogP contribution < -0.4 is 16.4 Å². The zero-order chi connectivity index (χ0) is 12.0. The number of hydrogen-bond acceptors (Lipinski definition) is 2. The van der Waals surface area contributed by atoms with E-state index >= 15 is 0 Å². The maximum absolute atomic E-state index is 11.3. The number of nitrogens with one attached hydrogen (secondary N) is 2. The van der Waals surface area contributed by atoms with Crippen LogP contribution in [-0.2, 0) is 4.79 Å². The first-order valence-corrected chi connectivity index (χ1v) is 5.08. The lowest BCUT2D eigenvalue weighted by atomic mass is 10.2. The van der Waals surface area contributed by atoms with Gasteiger partial charge in [-0.15, -0.1) is 0 Å². The first kappa shape index (κ1) is 12.0. The van der Waals surface area contributed by atoms with Crippen LogP contribution in [-0.4, -0.2) is 11.9 Å². The number of amides is 3. The molecule has 0 atom stereocenters. The predicted molar refractivity (Wildman–Crippen MR) is 63.2 cm³/mol. The molecule has 0 spiro atoms. The molecule has 0 unspecified atom stereocenters. The molecule has 0 aliphatic rings. The van der Waals surface area contributed by atoms with Crippen LogP contribution in [0, 0.1) is 0 Å². The van der Waals surface area contributed by atoms with Crippen molar-refractivity contribution in [3.8, 4) is 0 Å². The Morgan fingerprint density at radius 3 is 2.06 bits per heavy atom. The van der Waals surface area contributed by atoms with Crippen molar-refractivity contribution in [2.24, 2.45) is 5.73 Å². The van der Waals surface area contributed by atoms with Crippen molar-refractivity contribution in [3.05, 3.63) is 24.3 Å². The zero-order valence-electron chi connectivity index (χ0n) is 9.12. The number of rotatable bonds is 4. The van der Waals surface area contributed by atoms with Crippen molar-refractivity contribution in [1.82, 2.24) is 0 Å². The molecule has 86 valence electrons. The van der Waals surface area contributed by atoms with Crippen LogP contribution in [0.2, 0.25) is 0 Å². The lowest BCUT2D eigenvalue weighted by Gasteiger charge is -2.05. The van der Waals surface area contributed by atoms with Gasteiger partial charge < -0.3 is 16.4 Å². The number of carbonyl (C=O) groups is 2. The number of nitrogens with two attached hydrogens (primary N) is 1. The SMILES string of the molecule is CCCC(=O)Nc1ccc(NC(N)=O)cc1. The Kier molecular flexibility index (Phi) is 4.32.